The number of hydrogen-bond acceptors (Lipinski definition) is 5. The lowest BCUT2D eigenvalue weighted by Gasteiger charge is -2.34. The van der Waals surface area contributed by atoms with Gasteiger partial charge in [0, 0.05) is 30.8 Å². The fraction of sp³-hybridized carbons (Fsp3) is 0.529. The molecule has 1 heterocycles. The summed E-state index contributed by atoms with van der Waals surface area (Å²) in [4.78, 5) is 36.3. The van der Waals surface area contributed by atoms with Crippen molar-refractivity contribution in [3.8, 4) is 0 Å². The van der Waals surface area contributed by atoms with Crippen molar-refractivity contribution < 1.29 is 19.6 Å². The van der Waals surface area contributed by atoms with Crippen LogP contribution < -0.4 is 5.32 Å². The van der Waals surface area contributed by atoms with E-state index in [1.165, 1.54) is 11.0 Å². The highest BCUT2D eigenvalue weighted by atomic mass is 16.6. The Labute approximate surface area is 145 Å². The molecule has 2 N–H and O–H groups in total. The Balaban J connectivity index is 1.82. The average molecular weight is 347 g/mol. The molecule has 2 aliphatic rings. The van der Waals surface area contributed by atoms with Crippen molar-refractivity contribution in [1.82, 2.24) is 4.90 Å². The number of nitrogens with one attached hydrogen (secondary N) is 1. The van der Waals surface area contributed by atoms with Crippen LogP contribution in [0.1, 0.15) is 36.5 Å². The predicted molar refractivity (Wildman–Crippen MR) is 90.6 cm³/mol. The Hall–Kier alpha value is -2.64. The summed E-state index contributed by atoms with van der Waals surface area (Å²) < 4.78 is 0. The second-order valence-electron chi connectivity index (χ2n) is 6.99. The number of aliphatic carboxylic acids is 1. The van der Waals surface area contributed by atoms with Gasteiger partial charge in [-0.25, -0.2) is 0 Å². The summed E-state index contributed by atoms with van der Waals surface area (Å²) in [5.41, 5.74) is 0.503. The molecule has 2 unspecified atom stereocenters. The minimum atomic E-state index is -0.917. The first-order chi connectivity index (χ1) is 11.8. The van der Waals surface area contributed by atoms with Crippen LogP contribution >= 0.6 is 0 Å². The van der Waals surface area contributed by atoms with E-state index in [4.69, 9.17) is 0 Å². The van der Waals surface area contributed by atoms with Gasteiger partial charge in [0.15, 0.2) is 0 Å². The topological polar surface area (TPSA) is 113 Å². The second kappa shape index (κ2) is 6.70. The van der Waals surface area contributed by atoms with Crippen molar-refractivity contribution in [2.24, 2.45) is 11.8 Å². The van der Waals surface area contributed by atoms with Crippen molar-refractivity contribution in [2.45, 2.75) is 32.2 Å². The van der Waals surface area contributed by atoms with Gasteiger partial charge in [-0.3, -0.25) is 19.7 Å². The Kier molecular flexibility index (Phi) is 4.61. The van der Waals surface area contributed by atoms with Gasteiger partial charge in [0.2, 0.25) is 0 Å². The Morgan fingerprint density at radius 1 is 1.32 bits per heavy atom. The lowest BCUT2D eigenvalue weighted by Crippen LogP contribution is -2.45. The first-order valence-corrected chi connectivity index (χ1v) is 8.42. The van der Waals surface area contributed by atoms with E-state index in [-0.39, 0.29) is 35.7 Å². The highest BCUT2D eigenvalue weighted by Gasteiger charge is 2.33. The molecule has 1 saturated carbocycles. The SMILES string of the molecule is CC1CC(C(=O)O)CN(C(=O)c2ccc(NC3CC3)c([N+](=O)[O-])c2)C1. The van der Waals surface area contributed by atoms with Gasteiger partial charge in [-0.1, -0.05) is 6.92 Å². The number of piperidine rings is 1. The number of nitro groups is 1. The molecular formula is C17H21N3O5. The summed E-state index contributed by atoms with van der Waals surface area (Å²) >= 11 is 0. The molecule has 1 aliphatic carbocycles. The molecule has 2 fully saturated rings. The van der Waals surface area contributed by atoms with E-state index in [0.29, 0.717) is 18.7 Å². The van der Waals surface area contributed by atoms with Crippen LogP contribution in [-0.4, -0.2) is 45.9 Å². The van der Waals surface area contributed by atoms with Gasteiger partial charge in [-0.15, -0.1) is 0 Å². The number of nitrogens with zero attached hydrogens (tertiary/aromatic N) is 2. The minimum absolute atomic E-state index is 0.0737. The molecule has 0 bridgehead atoms. The normalized spacial score (nSPS) is 23.2. The maximum Gasteiger partial charge on any atom is 0.308 e. The molecule has 1 aliphatic heterocycles. The van der Waals surface area contributed by atoms with E-state index in [9.17, 15) is 24.8 Å². The third-order valence-corrected chi connectivity index (χ3v) is 4.67. The van der Waals surface area contributed by atoms with Crippen LogP contribution in [0.4, 0.5) is 11.4 Å². The summed E-state index contributed by atoms with van der Waals surface area (Å²) in [6.07, 6.45) is 2.50. The maximum absolute atomic E-state index is 12.7. The number of benzene rings is 1. The first-order valence-electron chi connectivity index (χ1n) is 8.42. The van der Waals surface area contributed by atoms with Crippen LogP contribution in [0.5, 0.6) is 0 Å². The minimum Gasteiger partial charge on any atom is -0.481 e. The zero-order valence-electron chi connectivity index (χ0n) is 14.0. The fourth-order valence-corrected chi connectivity index (χ4v) is 3.26. The molecule has 2 atom stereocenters. The van der Waals surface area contributed by atoms with E-state index < -0.39 is 16.8 Å². The number of nitro benzene ring substituents is 1. The summed E-state index contributed by atoms with van der Waals surface area (Å²) in [5.74, 6) is -1.80. The molecule has 1 saturated heterocycles. The maximum atomic E-state index is 12.7. The second-order valence-corrected chi connectivity index (χ2v) is 6.99. The lowest BCUT2D eigenvalue weighted by atomic mass is 9.90. The van der Waals surface area contributed by atoms with Crippen molar-refractivity contribution >= 4 is 23.3 Å². The number of hydrogen-bond donors (Lipinski definition) is 2. The zero-order chi connectivity index (χ0) is 18.1. The van der Waals surface area contributed by atoms with Crippen LogP contribution in [0, 0.1) is 22.0 Å². The summed E-state index contributed by atoms with van der Waals surface area (Å²) in [7, 11) is 0. The number of rotatable bonds is 5. The standard InChI is InChI=1S/C17H21N3O5/c1-10-6-12(17(22)23)9-19(8-10)16(21)11-2-5-14(18-13-3-4-13)15(7-11)20(24)25/h2,5,7,10,12-13,18H,3-4,6,8-9H2,1H3,(H,22,23). The molecule has 1 amide bonds. The van der Waals surface area contributed by atoms with Gasteiger partial charge < -0.3 is 15.3 Å². The van der Waals surface area contributed by atoms with E-state index in [1.807, 2.05) is 6.92 Å². The first kappa shape index (κ1) is 17.2. The molecule has 134 valence electrons. The van der Waals surface area contributed by atoms with Gasteiger partial charge in [-0.05, 0) is 37.3 Å². The predicted octanol–water partition coefficient (Wildman–Crippen LogP) is 2.35. The molecule has 25 heavy (non-hydrogen) atoms. The van der Waals surface area contributed by atoms with Gasteiger partial charge in [0.1, 0.15) is 5.69 Å². The lowest BCUT2D eigenvalue weighted by molar-refractivity contribution is -0.384. The smallest absolute Gasteiger partial charge is 0.308 e. The van der Waals surface area contributed by atoms with Crippen molar-refractivity contribution in [1.29, 1.82) is 0 Å². The highest BCUT2D eigenvalue weighted by molar-refractivity contribution is 5.96. The number of likely N-dealkylation sites (tertiary alicyclic amines) is 1. The molecule has 1 aromatic carbocycles. The van der Waals surface area contributed by atoms with E-state index in [0.717, 1.165) is 12.8 Å². The Bertz CT molecular complexity index is 716. The van der Waals surface area contributed by atoms with Gasteiger partial charge >= 0.3 is 5.97 Å². The largest absolute Gasteiger partial charge is 0.481 e. The summed E-state index contributed by atoms with van der Waals surface area (Å²) in [6, 6.07) is 4.67. The van der Waals surface area contributed by atoms with Crippen LogP contribution in [0.15, 0.2) is 18.2 Å². The number of amides is 1. The molecular weight excluding hydrogens is 326 g/mol. The summed E-state index contributed by atoms with van der Waals surface area (Å²) in [6.45, 7) is 2.49. The third-order valence-electron chi connectivity index (χ3n) is 4.67. The number of carbonyl (C=O) groups is 2. The van der Waals surface area contributed by atoms with Gasteiger partial charge in [-0.2, -0.15) is 0 Å². The van der Waals surface area contributed by atoms with E-state index >= 15 is 0 Å². The quantitative estimate of drug-likeness (QED) is 0.624. The van der Waals surface area contributed by atoms with Crippen LogP contribution in [0.25, 0.3) is 0 Å². The third kappa shape index (κ3) is 3.89. The van der Waals surface area contributed by atoms with Gasteiger partial charge in [0.05, 0.1) is 10.8 Å². The van der Waals surface area contributed by atoms with E-state index in [1.54, 1.807) is 12.1 Å². The monoisotopic (exact) mass is 347 g/mol. The average Bonchev–Trinajstić information content (AvgIpc) is 3.37. The molecule has 1 aromatic rings. The van der Waals surface area contributed by atoms with Crippen molar-refractivity contribution in [3.63, 3.8) is 0 Å². The van der Waals surface area contributed by atoms with Crippen LogP contribution in [0.2, 0.25) is 0 Å². The molecule has 8 nitrogen and oxygen atoms in total. The number of anilines is 1. The van der Waals surface area contributed by atoms with Crippen LogP contribution in [-0.2, 0) is 4.79 Å². The molecule has 3 rings (SSSR count). The number of carbonyl (C=O) groups excluding carboxylic acids is 1. The molecule has 0 radical (unpaired) electrons. The zero-order valence-corrected chi connectivity index (χ0v) is 14.0. The van der Waals surface area contributed by atoms with Gasteiger partial charge in [0.25, 0.3) is 11.6 Å². The number of carboxylic acids is 1. The van der Waals surface area contributed by atoms with Crippen molar-refractivity contribution in [2.75, 3.05) is 18.4 Å². The molecule has 0 aromatic heterocycles. The Morgan fingerprint density at radius 2 is 2.04 bits per heavy atom. The fourth-order valence-electron chi connectivity index (χ4n) is 3.26. The van der Waals surface area contributed by atoms with Crippen LogP contribution in [0.3, 0.4) is 0 Å². The highest BCUT2D eigenvalue weighted by Crippen LogP contribution is 2.32. The summed E-state index contributed by atoms with van der Waals surface area (Å²) in [5, 5.41) is 23.7. The molecule has 0 spiro atoms. The molecule has 8 heteroatoms. The van der Waals surface area contributed by atoms with E-state index in [2.05, 4.69) is 5.32 Å². The van der Waals surface area contributed by atoms with Crippen molar-refractivity contribution in [3.05, 3.63) is 33.9 Å². The number of carboxylic acid groups (broad SMARTS) is 1. The Morgan fingerprint density at radius 3 is 2.64 bits per heavy atom.